The summed E-state index contributed by atoms with van der Waals surface area (Å²) in [6.45, 7) is 0. The smallest absolute Gasteiger partial charge is 0.273 e. The van der Waals surface area contributed by atoms with Crippen molar-refractivity contribution in [3.8, 4) is 0 Å². The van der Waals surface area contributed by atoms with Crippen LogP contribution in [0.25, 0.3) is 0 Å². The number of hydrogen-bond acceptors (Lipinski definition) is 7. The molecule has 0 atom stereocenters. The molecule has 15 heteroatoms. The number of amides is 1. The van der Waals surface area contributed by atoms with Crippen molar-refractivity contribution >= 4 is 39.2 Å². The number of sulfonamides is 1. The van der Waals surface area contributed by atoms with Gasteiger partial charge in [0.15, 0.2) is 11.0 Å². The second-order valence-corrected chi connectivity index (χ2v) is 7.66. The molecule has 0 bridgehead atoms. The zero-order valence-corrected chi connectivity index (χ0v) is 14.7. The van der Waals surface area contributed by atoms with Gasteiger partial charge in [0.1, 0.15) is 9.77 Å². The van der Waals surface area contributed by atoms with Crippen LogP contribution in [0.2, 0.25) is 0 Å². The largest absolute Gasteiger partial charge is 0.427 e. The predicted molar refractivity (Wildman–Crippen MR) is 79.6 cm³/mol. The van der Waals surface area contributed by atoms with Crippen LogP contribution in [-0.2, 0) is 23.2 Å². The maximum absolute atomic E-state index is 13.6. The number of halogens is 4. The Morgan fingerprint density at radius 2 is 2.00 bits per heavy atom. The summed E-state index contributed by atoms with van der Waals surface area (Å²) in [5.41, 5.74) is -1.03. The molecule has 1 amide bonds. The molecule has 25 heavy (non-hydrogen) atoms. The Labute approximate surface area is 145 Å². The van der Waals surface area contributed by atoms with Gasteiger partial charge in [-0.15, -0.1) is 21.1 Å². The highest BCUT2D eigenvalue weighted by Crippen LogP contribution is 2.39. The number of rotatable bonds is 3. The van der Waals surface area contributed by atoms with E-state index < -0.39 is 43.5 Å². The first-order valence-electron chi connectivity index (χ1n) is 6.01. The number of carbonyl (C=O) groups is 1. The molecule has 0 aliphatic carbocycles. The molecule has 2 aromatic rings. The molecular weight excluding hydrogens is 412 g/mol. The maximum Gasteiger partial charge on any atom is 0.427 e. The van der Waals surface area contributed by atoms with Gasteiger partial charge in [0.05, 0.1) is 0 Å². The summed E-state index contributed by atoms with van der Waals surface area (Å²) >= 11 is 0.790. The molecule has 2 rings (SSSR count). The molecule has 0 radical (unpaired) electrons. The lowest BCUT2D eigenvalue weighted by Gasteiger charge is -2.09. The average Bonchev–Trinajstić information content (AvgIpc) is 3.00. The highest BCUT2D eigenvalue weighted by Gasteiger charge is 2.42. The van der Waals surface area contributed by atoms with Gasteiger partial charge in [0, 0.05) is 12.4 Å². The summed E-state index contributed by atoms with van der Waals surface area (Å²) in [6.07, 6.45) is -3.62. The zero-order valence-electron chi connectivity index (χ0n) is 12.3. The lowest BCUT2D eigenvalue weighted by Crippen LogP contribution is -2.40. The third-order valence-corrected chi connectivity index (χ3v) is 5.99. The molecule has 2 aromatic heterocycles. The van der Waals surface area contributed by atoms with Crippen LogP contribution in [0.1, 0.15) is 4.88 Å². The van der Waals surface area contributed by atoms with Crippen molar-refractivity contribution in [1.29, 1.82) is 0 Å². The summed E-state index contributed by atoms with van der Waals surface area (Å²) in [7, 11) is -3.99. The first-order chi connectivity index (χ1) is 11.4. The van der Waals surface area contributed by atoms with Crippen LogP contribution >= 0.6 is 23.1 Å². The summed E-state index contributed by atoms with van der Waals surface area (Å²) in [4.78, 5) is 20.3. The second-order valence-electron chi connectivity index (χ2n) is 4.39. The summed E-state index contributed by atoms with van der Waals surface area (Å²) in [6, 6.07) is -1.64. The lowest BCUT2D eigenvalue weighted by atomic mass is 10.4. The SMILES string of the molecule is CSc1nn(C(=O)NS(=O)(=O)c2c(F)csc2C(F)(F)F)c(=O)n1C. The van der Waals surface area contributed by atoms with Crippen LogP contribution in [0.4, 0.5) is 22.4 Å². The molecule has 0 saturated heterocycles. The van der Waals surface area contributed by atoms with E-state index in [-0.39, 0.29) is 21.2 Å². The molecule has 0 aliphatic rings. The minimum atomic E-state index is -5.24. The quantitative estimate of drug-likeness (QED) is 0.596. The number of aromatic nitrogens is 3. The molecule has 2 heterocycles. The Morgan fingerprint density at radius 3 is 2.48 bits per heavy atom. The third kappa shape index (κ3) is 3.57. The number of hydrogen-bond donors (Lipinski definition) is 1. The second kappa shape index (κ2) is 6.45. The van der Waals surface area contributed by atoms with E-state index in [1.54, 1.807) is 0 Å². The molecule has 8 nitrogen and oxygen atoms in total. The fourth-order valence-corrected chi connectivity index (χ4v) is 4.55. The van der Waals surface area contributed by atoms with E-state index in [1.165, 1.54) is 18.0 Å². The third-order valence-electron chi connectivity index (χ3n) is 2.77. The molecule has 0 aromatic carbocycles. The Morgan fingerprint density at radius 1 is 1.40 bits per heavy atom. The predicted octanol–water partition coefficient (Wildman–Crippen LogP) is 1.47. The van der Waals surface area contributed by atoms with Crippen molar-refractivity contribution in [3.63, 3.8) is 0 Å². The van der Waals surface area contributed by atoms with Gasteiger partial charge in [-0.25, -0.2) is 27.1 Å². The average molecular weight is 420 g/mol. The fourth-order valence-electron chi connectivity index (χ4n) is 1.71. The van der Waals surface area contributed by atoms with Gasteiger partial charge < -0.3 is 0 Å². The lowest BCUT2D eigenvalue weighted by molar-refractivity contribution is -0.136. The zero-order chi connectivity index (χ0) is 19.2. The van der Waals surface area contributed by atoms with Crippen molar-refractivity contribution in [2.24, 2.45) is 7.05 Å². The first-order valence-corrected chi connectivity index (χ1v) is 9.60. The highest BCUT2D eigenvalue weighted by molar-refractivity contribution is 7.98. The van der Waals surface area contributed by atoms with E-state index in [9.17, 15) is 35.6 Å². The van der Waals surface area contributed by atoms with Crippen LogP contribution in [-0.4, -0.2) is 35.1 Å². The van der Waals surface area contributed by atoms with Crippen LogP contribution in [0.5, 0.6) is 0 Å². The Hall–Kier alpha value is -1.87. The van der Waals surface area contributed by atoms with Gasteiger partial charge >= 0.3 is 17.9 Å². The van der Waals surface area contributed by atoms with Crippen LogP contribution < -0.4 is 10.4 Å². The van der Waals surface area contributed by atoms with Gasteiger partial charge in [-0.3, -0.25) is 4.57 Å². The summed E-state index contributed by atoms with van der Waals surface area (Å²) in [5, 5.41) is 3.93. The Kier molecular flexibility index (Phi) is 5.02. The molecule has 0 fully saturated rings. The number of alkyl halides is 3. The molecule has 1 N–H and O–H groups in total. The topological polar surface area (TPSA) is 103 Å². The number of nitrogens with zero attached hydrogens (tertiary/aromatic N) is 3. The first kappa shape index (κ1) is 19.5. The van der Waals surface area contributed by atoms with Gasteiger partial charge in [-0.2, -0.15) is 13.2 Å². The van der Waals surface area contributed by atoms with Crippen molar-refractivity contribution < 1.29 is 30.8 Å². The molecule has 0 unspecified atom stereocenters. The van der Waals surface area contributed by atoms with Gasteiger partial charge in [-0.1, -0.05) is 11.8 Å². The van der Waals surface area contributed by atoms with E-state index in [0.717, 1.165) is 16.3 Å². The van der Waals surface area contributed by atoms with E-state index in [0.29, 0.717) is 5.38 Å². The van der Waals surface area contributed by atoms with E-state index in [4.69, 9.17) is 0 Å². The minimum absolute atomic E-state index is 0.0512. The van der Waals surface area contributed by atoms with Crippen LogP contribution in [0, 0.1) is 5.82 Å². The van der Waals surface area contributed by atoms with Gasteiger partial charge in [0.2, 0.25) is 0 Å². The van der Waals surface area contributed by atoms with Crippen molar-refractivity contribution in [2.45, 2.75) is 16.2 Å². The molecule has 0 saturated carbocycles. The normalized spacial score (nSPS) is 12.4. The van der Waals surface area contributed by atoms with Crippen LogP contribution in [0.3, 0.4) is 0 Å². The summed E-state index contributed by atoms with van der Waals surface area (Å²) in [5.74, 6) is -1.67. The van der Waals surface area contributed by atoms with E-state index in [1.807, 2.05) is 0 Å². The number of thiophene rings is 1. The molecule has 0 spiro atoms. The van der Waals surface area contributed by atoms with Gasteiger partial charge in [-0.05, 0) is 6.26 Å². The van der Waals surface area contributed by atoms with Gasteiger partial charge in [0.25, 0.3) is 10.0 Å². The standard InChI is InChI=1S/C10H8F4N4O4S3/c1-17-8(23-2)15-18(9(17)20)7(19)16-25(21,22)5-4(11)3-24-6(5)10(12,13)14/h3H,1-2H3,(H,16,19). The molecule has 138 valence electrons. The molecule has 0 aliphatic heterocycles. The Balaban J connectivity index is 2.46. The number of carbonyl (C=O) groups excluding carboxylic acids is 1. The monoisotopic (exact) mass is 420 g/mol. The van der Waals surface area contributed by atoms with E-state index in [2.05, 4.69) is 5.10 Å². The fraction of sp³-hybridized carbons (Fsp3) is 0.300. The number of nitrogens with one attached hydrogen (secondary N) is 1. The van der Waals surface area contributed by atoms with E-state index >= 15 is 0 Å². The van der Waals surface area contributed by atoms with Crippen molar-refractivity contribution in [2.75, 3.05) is 6.26 Å². The van der Waals surface area contributed by atoms with Crippen LogP contribution in [0.15, 0.2) is 20.2 Å². The van der Waals surface area contributed by atoms with Crippen molar-refractivity contribution in [3.05, 3.63) is 26.6 Å². The molecular formula is C10H8F4N4O4S3. The summed E-state index contributed by atoms with van der Waals surface area (Å²) < 4.78 is 78.3. The Bertz CT molecular complexity index is 989. The number of thioether (sulfide) groups is 1. The highest BCUT2D eigenvalue weighted by atomic mass is 32.2. The minimum Gasteiger partial charge on any atom is -0.273 e. The maximum atomic E-state index is 13.6. The van der Waals surface area contributed by atoms with Crippen molar-refractivity contribution in [1.82, 2.24) is 19.1 Å².